The number of nitrogens with two attached hydrogens (primary N) is 1. The van der Waals surface area contributed by atoms with Gasteiger partial charge in [0.15, 0.2) is 0 Å². The Bertz CT molecular complexity index is 358. The highest BCUT2D eigenvalue weighted by molar-refractivity contribution is 7.99. The lowest BCUT2D eigenvalue weighted by Gasteiger charge is -2.19. The Hall–Kier alpha value is -1.23. The van der Waals surface area contributed by atoms with E-state index < -0.39 is 0 Å². The smallest absolute Gasteiger partial charge is 0.255 e. The van der Waals surface area contributed by atoms with Gasteiger partial charge in [-0.1, -0.05) is 0 Å². The van der Waals surface area contributed by atoms with Gasteiger partial charge in [-0.05, 0) is 24.3 Å². The molecular weight excluding hydrogens is 222 g/mol. The molecule has 16 heavy (non-hydrogen) atoms. The summed E-state index contributed by atoms with van der Waals surface area (Å²) in [5.41, 5.74) is 6.12. The van der Waals surface area contributed by atoms with E-state index in [9.17, 15) is 4.79 Å². The van der Waals surface area contributed by atoms with Crippen LogP contribution in [0.1, 0.15) is 16.8 Å². The van der Waals surface area contributed by atoms with Crippen LogP contribution in [0.15, 0.2) is 18.3 Å². The molecule has 1 amide bonds. The maximum Gasteiger partial charge on any atom is 0.255 e. The Morgan fingerprint density at radius 1 is 1.38 bits per heavy atom. The maximum absolute atomic E-state index is 12.1. The van der Waals surface area contributed by atoms with Crippen molar-refractivity contribution in [2.75, 3.05) is 30.3 Å². The molecule has 0 unspecified atom stereocenters. The van der Waals surface area contributed by atoms with Crippen LogP contribution in [0.5, 0.6) is 0 Å². The molecule has 1 aromatic heterocycles. The minimum absolute atomic E-state index is 0.0648. The van der Waals surface area contributed by atoms with Gasteiger partial charge in [0, 0.05) is 25.0 Å². The molecule has 0 bridgehead atoms. The molecule has 1 aromatic rings. The van der Waals surface area contributed by atoms with Crippen LogP contribution in [0.4, 0.5) is 5.82 Å². The van der Waals surface area contributed by atoms with Crippen molar-refractivity contribution >= 4 is 23.5 Å². The maximum atomic E-state index is 12.1. The number of amides is 1. The van der Waals surface area contributed by atoms with Crippen molar-refractivity contribution in [2.45, 2.75) is 6.42 Å². The molecule has 2 N–H and O–H groups in total. The van der Waals surface area contributed by atoms with Gasteiger partial charge in [0.05, 0.1) is 5.56 Å². The largest absolute Gasteiger partial charge is 0.384 e. The van der Waals surface area contributed by atoms with Crippen molar-refractivity contribution < 1.29 is 4.79 Å². The fourth-order valence-corrected chi connectivity index (χ4v) is 2.55. The zero-order valence-electron chi connectivity index (χ0n) is 9.06. The number of rotatable bonds is 1. The van der Waals surface area contributed by atoms with Crippen molar-refractivity contribution in [1.82, 2.24) is 9.88 Å². The lowest BCUT2D eigenvalue weighted by Crippen LogP contribution is -2.32. The first kappa shape index (κ1) is 11.3. The van der Waals surface area contributed by atoms with E-state index in [4.69, 9.17) is 5.73 Å². The predicted octanol–water partition coefficient (Wildman–Crippen LogP) is 1.24. The average Bonchev–Trinajstić information content (AvgIpc) is 2.57. The third-order valence-corrected chi connectivity index (χ3v) is 3.59. The molecule has 1 aliphatic heterocycles. The number of nitrogen functional groups attached to an aromatic ring is 1. The van der Waals surface area contributed by atoms with Crippen LogP contribution in [0.2, 0.25) is 0 Å². The summed E-state index contributed by atoms with van der Waals surface area (Å²) in [6.07, 6.45) is 2.62. The van der Waals surface area contributed by atoms with Crippen LogP contribution in [-0.4, -0.2) is 40.4 Å². The second-order valence-corrected chi connectivity index (χ2v) is 4.95. The summed E-state index contributed by atoms with van der Waals surface area (Å²) in [5, 5.41) is 0. The summed E-state index contributed by atoms with van der Waals surface area (Å²) < 4.78 is 0. The van der Waals surface area contributed by atoms with Gasteiger partial charge in [-0.15, -0.1) is 0 Å². The van der Waals surface area contributed by atoms with E-state index in [0.29, 0.717) is 11.4 Å². The standard InChI is InChI=1S/C11H15N3OS/c12-10-3-2-9(8-13-10)11(15)14-4-1-6-16-7-5-14/h2-3,8H,1,4-7H2,(H2,12,13). The van der Waals surface area contributed by atoms with E-state index in [1.807, 2.05) is 16.7 Å². The van der Waals surface area contributed by atoms with Crippen LogP contribution in [0, 0.1) is 0 Å². The number of nitrogens with zero attached hydrogens (tertiary/aromatic N) is 2. The van der Waals surface area contributed by atoms with Gasteiger partial charge < -0.3 is 10.6 Å². The van der Waals surface area contributed by atoms with Crippen LogP contribution in [0.25, 0.3) is 0 Å². The third-order valence-electron chi connectivity index (χ3n) is 2.54. The lowest BCUT2D eigenvalue weighted by atomic mass is 10.2. The highest BCUT2D eigenvalue weighted by atomic mass is 32.2. The first-order chi connectivity index (χ1) is 7.77. The Kier molecular flexibility index (Phi) is 3.66. The van der Waals surface area contributed by atoms with Crippen molar-refractivity contribution in [3.8, 4) is 0 Å². The molecular formula is C11H15N3OS. The van der Waals surface area contributed by atoms with Gasteiger partial charge in [-0.25, -0.2) is 4.98 Å². The summed E-state index contributed by atoms with van der Waals surface area (Å²) >= 11 is 1.91. The number of carbonyl (C=O) groups is 1. The lowest BCUT2D eigenvalue weighted by molar-refractivity contribution is 0.0768. The molecule has 86 valence electrons. The van der Waals surface area contributed by atoms with Gasteiger partial charge in [0.25, 0.3) is 5.91 Å². The number of pyridine rings is 1. The Labute approximate surface area is 99.2 Å². The second kappa shape index (κ2) is 5.21. The molecule has 1 saturated heterocycles. The summed E-state index contributed by atoms with van der Waals surface area (Å²) in [6, 6.07) is 3.41. The topological polar surface area (TPSA) is 59.2 Å². The molecule has 0 atom stereocenters. The van der Waals surface area contributed by atoms with Gasteiger partial charge >= 0.3 is 0 Å². The van der Waals surface area contributed by atoms with Crippen molar-refractivity contribution in [1.29, 1.82) is 0 Å². The van der Waals surface area contributed by atoms with Crippen LogP contribution >= 0.6 is 11.8 Å². The van der Waals surface area contributed by atoms with Crippen molar-refractivity contribution in [3.05, 3.63) is 23.9 Å². The normalized spacial score (nSPS) is 16.9. The number of anilines is 1. The monoisotopic (exact) mass is 237 g/mol. The summed E-state index contributed by atoms with van der Waals surface area (Å²) in [6.45, 7) is 1.67. The Morgan fingerprint density at radius 2 is 2.25 bits per heavy atom. The molecule has 0 spiro atoms. The van der Waals surface area contributed by atoms with E-state index in [-0.39, 0.29) is 5.91 Å². The minimum atomic E-state index is 0.0648. The van der Waals surface area contributed by atoms with Gasteiger partial charge in [-0.2, -0.15) is 11.8 Å². The molecule has 0 radical (unpaired) electrons. The van der Waals surface area contributed by atoms with Crippen molar-refractivity contribution in [2.24, 2.45) is 0 Å². The van der Waals surface area contributed by atoms with Gasteiger partial charge in [0.1, 0.15) is 5.82 Å². The van der Waals surface area contributed by atoms with Gasteiger partial charge in [0.2, 0.25) is 0 Å². The molecule has 4 nitrogen and oxygen atoms in total. The van der Waals surface area contributed by atoms with Crippen LogP contribution in [-0.2, 0) is 0 Å². The van der Waals surface area contributed by atoms with Crippen LogP contribution in [0.3, 0.4) is 0 Å². The molecule has 2 heterocycles. The van der Waals surface area contributed by atoms with E-state index in [1.165, 1.54) is 0 Å². The Balaban J connectivity index is 2.08. The van der Waals surface area contributed by atoms with E-state index in [0.717, 1.165) is 31.0 Å². The summed E-state index contributed by atoms with van der Waals surface area (Å²) in [5.74, 6) is 2.68. The van der Waals surface area contributed by atoms with Crippen molar-refractivity contribution in [3.63, 3.8) is 0 Å². The summed E-state index contributed by atoms with van der Waals surface area (Å²) in [7, 11) is 0. The first-order valence-corrected chi connectivity index (χ1v) is 6.51. The van der Waals surface area contributed by atoms with Crippen LogP contribution < -0.4 is 5.73 Å². The van der Waals surface area contributed by atoms with E-state index in [1.54, 1.807) is 18.3 Å². The zero-order chi connectivity index (χ0) is 11.4. The zero-order valence-corrected chi connectivity index (χ0v) is 9.87. The minimum Gasteiger partial charge on any atom is -0.384 e. The SMILES string of the molecule is Nc1ccc(C(=O)N2CCCSCC2)cn1. The molecule has 0 aromatic carbocycles. The number of hydrogen-bond acceptors (Lipinski definition) is 4. The number of carbonyl (C=O) groups excluding carboxylic acids is 1. The molecule has 0 saturated carbocycles. The number of hydrogen-bond donors (Lipinski definition) is 1. The molecule has 0 aliphatic carbocycles. The van der Waals surface area contributed by atoms with E-state index in [2.05, 4.69) is 4.98 Å². The summed E-state index contributed by atoms with van der Waals surface area (Å²) in [4.78, 5) is 17.9. The molecule has 2 rings (SSSR count). The number of thioether (sulfide) groups is 1. The second-order valence-electron chi connectivity index (χ2n) is 3.73. The fourth-order valence-electron chi connectivity index (χ4n) is 1.66. The van der Waals surface area contributed by atoms with E-state index >= 15 is 0 Å². The Morgan fingerprint density at radius 3 is 3.00 bits per heavy atom. The molecule has 5 heteroatoms. The molecule has 1 aliphatic rings. The fraction of sp³-hybridized carbons (Fsp3) is 0.455. The van der Waals surface area contributed by atoms with Gasteiger partial charge in [-0.3, -0.25) is 4.79 Å². The molecule has 1 fully saturated rings. The highest BCUT2D eigenvalue weighted by Gasteiger charge is 2.17. The third kappa shape index (κ3) is 2.66. The predicted molar refractivity (Wildman–Crippen MR) is 66.5 cm³/mol. The first-order valence-electron chi connectivity index (χ1n) is 5.36. The average molecular weight is 237 g/mol. The quantitative estimate of drug-likeness (QED) is 0.798. The highest BCUT2D eigenvalue weighted by Crippen LogP contribution is 2.13. The number of aromatic nitrogens is 1.